The fraction of sp³-hybridized carbons (Fsp3) is 0.364. The molecule has 0 aliphatic carbocycles. The quantitative estimate of drug-likeness (QED) is 0.689. The van der Waals surface area contributed by atoms with Gasteiger partial charge in [-0.3, -0.25) is 5.32 Å². The molecule has 0 atom stereocenters. The summed E-state index contributed by atoms with van der Waals surface area (Å²) < 4.78 is 4.81. The molecular weight excluding hydrogens is 178 g/mol. The van der Waals surface area contributed by atoms with E-state index in [-0.39, 0.29) is 7.52 Å². The number of fused-ring (bicyclic) bond motifs is 1. The van der Waals surface area contributed by atoms with Crippen LogP contribution < -0.4 is 5.32 Å². The van der Waals surface area contributed by atoms with Crippen LogP contribution in [0.3, 0.4) is 0 Å². The molecule has 3 nitrogen and oxygen atoms in total. The summed E-state index contributed by atoms with van der Waals surface area (Å²) in [7, 11) is 0. The molecule has 14 heavy (non-hydrogen) atoms. The second-order valence-corrected chi connectivity index (χ2v) is 2.86. The average molecular weight is 195 g/mol. The van der Waals surface area contributed by atoms with Crippen molar-refractivity contribution in [1.29, 1.82) is 0 Å². The van der Waals surface area contributed by atoms with Crippen LogP contribution in [0.4, 0.5) is 10.5 Å². The molecule has 1 N–H and O–H groups in total. The van der Waals surface area contributed by atoms with Crippen molar-refractivity contribution in [2.24, 2.45) is 0 Å². The van der Waals surface area contributed by atoms with Gasteiger partial charge in [0.25, 0.3) is 0 Å². The van der Waals surface area contributed by atoms with Crippen LogP contribution in [0.2, 0.25) is 0 Å². The first-order chi connectivity index (χ1) is 6.75. The third-order valence-corrected chi connectivity index (χ3v) is 1.86. The minimum atomic E-state index is -0.369. The topological polar surface area (TPSA) is 38.3 Å². The van der Waals surface area contributed by atoms with E-state index < -0.39 is 0 Å². The lowest BCUT2D eigenvalue weighted by Crippen LogP contribution is -2.20. The number of nitrogens with one attached hydrogen (secondary N) is 1. The predicted octanol–water partition coefficient (Wildman–Crippen LogP) is 3.33. The summed E-state index contributed by atoms with van der Waals surface area (Å²) >= 11 is 0. The van der Waals surface area contributed by atoms with Crippen LogP contribution in [0.1, 0.15) is 26.4 Å². The maximum absolute atomic E-state index is 10.8. The van der Waals surface area contributed by atoms with Crippen molar-refractivity contribution in [3.8, 4) is 0 Å². The first-order valence-corrected chi connectivity index (χ1v) is 4.79. The molecule has 78 valence electrons. The highest BCUT2D eigenvalue weighted by atomic mass is 16.5. The van der Waals surface area contributed by atoms with Gasteiger partial charge in [0.15, 0.2) is 0 Å². The minimum Gasteiger partial charge on any atom is -0.444 e. The van der Waals surface area contributed by atoms with E-state index in [0.29, 0.717) is 6.61 Å². The largest absolute Gasteiger partial charge is 0.444 e. The lowest BCUT2D eigenvalue weighted by molar-refractivity contribution is 0.151. The second-order valence-electron chi connectivity index (χ2n) is 2.86. The van der Waals surface area contributed by atoms with Crippen molar-refractivity contribution >= 4 is 11.8 Å². The number of anilines is 1. The third kappa shape index (κ3) is 2.25. The van der Waals surface area contributed by atoms with E-state index in [2.05, 4.69) is 5.32 Å². The van der Waals surface area contributed by atoms with Crippen LogP contribution in [-0.2, 0) is 11.3 Å². The Kier molecular flexibility index (Phi) is 3.51. The zero-order chi connectivity index (χ0) is 10.6. The Morgan fingerprint density at radius 1 is 1.43 bits per heavy atom. The smallest absolute Gasteiger partial charge is 0.411 e. The molecule has 1 amide bonds. The summed E-state index contributed by atoms with van der Waals surface area (Å²) in [5, 5.41) is 2.63. The lowest BCUT2D eigenvalue weighted by atomic mass is 10.1. The normalized spacial score (nSPS) is 12.9. The van der Waals surface area contributed by atoms with Crippen molar-refractivity contribution in [3.05, 3.63) is 29.3 Å². The van der Waals surface area contributed by atoms with Gasteiger partial charge in [0.05, 0.1) is 5.69 Å². The zero-order valence-electron chi connectivity index (χ0n) is 8.76. The second kappa shape index (κ2) is 4.65. The average Bonchev–Trinajstić information content (AvgIpc) is 2.21. The summed E-state index contributed by atoms with van der Waals surface area (Å²) in [4.78, 5) is 10.8. The fourth-order valence-corrected chi connectivity index (χ4v) is 1.25. The number of carbonyl (C=O) groups excluding carboxylic acids is 1. The highest BCUT2D eigenvalue weighted by molar-refractivity contribution is 5.87. The maximum atomic E-state index is 10.8. The van der Waals surface area contributed by atoms with Crippen molar-refractivity contribution in [3.63, 3.8) is 0 Å². The maximum Gasteiger partial charge on any atom is 0.411 e. The molecule has 0 fully saturated rings. The molecule has 3 heteroatoms. The molecule has 1 aromatic rings. The molecule has 0 bridgehead atoms. The molecule has 1 aliphatic heterocycles. The molecular formula is C11H17NO2. The van der Waals surface area contributed by atoms with E-state index in [1.807, 2.05) is 39.0 Å². The van der Waals surface area contributed by atoms with Crippen molar-refractivity contribution in [1.82, 2.24) is 0 Å². The van der Waals surface area contributed by atoms with E-state index in [9.17, 15) is 4.79 Å². The Hall–Kier alpha value is -1.51. The monoisotopic (exact) mass is 195 g/mol. The molecule has 0 saturated carbocycles. The number of rotatable bonds is 0. The fourth-order valence-electron chi connectivity index (χ4n) is 1.25. The SMILES string of the molecule is CC.Cc1ccc2c(c1)COC(=O)N2.[HH]. The van der Waals surface area contributed by atoms with E-state index in [1.54, 1.807) is 0 Å². The lowest BCUT2D eigenvalue weighted by Gasteiger charge is -2.17. The van der Waals surface area contributed by atoms with Gasteiger partial charge in [-0.2, -0.15) is 0 Å². The summed E-state index contributed by atoms with van der Waals surface area (Å²) in [5.74, 6) is 0. The first-order valence-electron chi connectivity index (χ1n) is 4.79. The van der Waals surface area contributed by atoms with Gasteiger partial charge < -0.3 is 4.74 Å². The van der Waals surface area contributed by atoms with Crippen LogP contribution in [0.25, 0.3) is 0 Å². The number of aryl methyl sites for hydroxylation is 1. The molecule has 0 aromatic heterocycles. The van der Waals surface area contributed by atoms with Gasteiger partial charge in [-0.15, -0.1) is 0 Å². The minimum absolute atomic E-state index is 0. The molecule has 2 rings (SSSR count). The molecule has 0 spiro atoms. The van der Waals surface area contributed by atoms with Gasteiger partial charge in [-0.1, -0.05) is 31.5 Å². The standard InChI is InChI=1S/C9H9NO2.C2H6.H2/c1-6-2-3-8-7(4-6)5-12-9(11)10-8;1-2;/h2-4H,5H2,1H3,(H,10,11);1-2H3;1H. The molecule has 1 heterocycles. The summed E-state index contributed by atoms with van der Waals surface area (Å²) in [5.41, 5.74) is 3.07. The van der Waals surface area contributed by atoms with Crippen LogP contribution in [0.5, 0.6) is 0 Å². The van der Waals surface area contributed by atoms with Crippen molar-refractivity contribution < 1.29 is 11.0 Å². The Bertz CT molecular complexity index is 339. The number of amides is 1. The zero-order valence-corrected chi connectivity index (χ0v) is 8.76. The van der Waals surface area contributed by atoms with Crippen LogP contribution >= 0.6 is 0 Å². The predicted molar refractivity (Wildman–Crippen MR) is 58.4 cm³/mol. The Labute approximate surface area is 85.6 Å². The number of ether oxygens (including phenoxy) is 1. The van der Waals surface area contributed by atoms with Gasteiger partial charge in [0, 0.05) is 6.99 Å². The van der Waals surface area contributed by atoms with Crippen LogP contribution in [-0.4, -0.2) is 6.09 Å². The first kappa shape index (κ1) is 10.6. The van der Waals surface area contributed by atoms with Gasteiger partial charge in [-0.25, -0.2) is 4.79 Å². The van der Waals surface area contributed by atoms with Crippen molar-refractivity contribution in [2.45, 2.75) is 27.4 Å². The number of hydrogen-bond donors (Lipinski definition) is 1. The summed E-state index contributed by atoms with van der Waals surface area (Å²) in [6, 6.07) is 5.87. The van der Waals surface area contributed by atoms with Crippen LogP contribution in [0, 0.1) is 6.92 Å². The molecule has 0 unspecified atom stereocenters. The molecule has 0 saturated heterocycles. The van der Waals surface area contributed by atoms with Crippen molar-refractivity contribution in [2.75, 3.05) is 5.32 Å². The molecule has 1 aromatic carbocycles. The molecule has 1 aliphatic rings. The van der Waals surface area contributed by atoms with E-state index in [4.69, 9.17) is 4.74 Å². The highest BCUT2D eigenvalue weighted by Crippen LogP contribution is 2.21. The number of benzene rings is 1. The number of hydrogen-bond acceptors (Lipinski definition) is 2. The Balaban J connectivity index is 0.000000617. The summed E-state index contributed by atoms with van der Waals surface area (Å²) in [6.45, 7) is 6.39. The highest BCUT2D eigenvalue weighted by Gasteiger charge is 2.14. The summed E-state index contributed by atoms with van der Waals surface area (Å²) in [6.07, 6.45) is -0.369. The van der Waals surface area contributed by atoms with Gasteiger partial charge in [0.2, 0.25) is 0 Å². The van der Waals surface area contributed by atoms with E-state index >= 15 is 0 Å². The number of cyclic esters (lactones) is 1. The third-order valence-electron chi connectivity index (χ3n) is 1.86. The van der Waals surface area contributed by atoms with Gasteiger partial charge >= 0.3 is 6.09 Å². The van der Waals surface area contributed by atoms with E-state index in [1.165, 1.54) is 5.56 Å². The van der Waals surface area contributed by atoms with Gasteiger partial charge in [-0.05, 0) is 13.0 Å². The van der Waals surface area contributed by atoms with Gasteiger partial charge in [0.1, 0.15) is 6.61 Å². The van der Waals surface area contributed by atoms with E-state index in [0.717, 1.165) is 11.3 Å². The van der Waals surface area contributed by atoms with Crippen LogP contribution in [0.15, 0.2) is 18.2 Å². The Morgan fingerprint density at radius 3 is 2.86 bits per heavy atom. The Morgan fingerprint density at radius 2 is 2.14 bits per heavy atom. The number of carbonyl (C=O) groups is 1. The molecule has 0 radical (unpaired) electrons.